The van der Waals surface area contributed by atoms with Crippen LogP contribution in [0.2, 0.25) is 0 Å². The molecule has 3 heterocycles. The fourth-order valence-corrected chi connectivity index (χ4v) is 2.99. The molecular formula is C14H21Cl2N5OS. The maximum atomic E-state index is 5.81. The van der Waals surface area contributed by atoms with E-state index >= 15 is 0 Å². The fraction of sp³-hybridized carbons (Fsp3) is 0.500. The standard InChI is InChI=1S/C14H19N5OS.2ClH/c15-9-11-3-7-19(8-4-11)13-14(18-21-17-13)20-10-12-1-5-16-6-2-12;;/h1-2,5-6,11H,3-4,7-10,15H2;2*1H. The average molecular weight is 378 g/mol. The van der Waals surface area contributed by atoms with Crippen molar-refractivity contribution in [2.24, 2.45) is 11.7 Å². The molecule has 0 aromatic carbocycles. The molecule has 2 aromatic rings. The molecule has 0 amide bonds. The number of aromatic nitrogens is 3. The summed E-state index contributed by atoms with van der Waals surface area (Å²) in [5.41, 5.74) is 6.81. The molecule has 3 rings (SSSR count). The molecule has 9 heteroatoms. The van der Waals surface area contributed by atoms with Gasteiger partial charge in [-0.05, 0) is 43.0 Å². The molecule has 2 aromatic heterocycles. The Bertz CT molecular complexity index is 563. The molecule has 1 fully saturated rings. The van der Waals surface area contributed by atoms with Gasteiger partial charge in [-0.1, -0.05) is 0 Å². The Balaban J connectivity index is 0.00000132. The molecule has 2 N–H and O–H groups in total. The first-order valence-electron chi connectivity index (χ1n) is 7.16. The molecule has 0 unspecified atom stereocenters. The summed E-state index contributed by atoms with van der Waals surface area (Å²) in [6.07, 6.45) is 5.74. The lowest BCUT2D eigenvalue weighted by atomic mass is 9.97. The highest BCUT2D eigenvalue weighted by molar-refractivity contribution is 6.99. The fourth-order valence-electron chi connectivity index (χ4n) is 2.47. The van der Waals surface area contributed by atoms with Gasteiger partial charge in [0.1, 0.15) is 6.61 Å². The normalized spacial score (nSPS) is 14.7. The van der Waals surface area contributed by atoms with Crippen LogP contribution in [0.1, 0.15) is 18.4 Å². The van der Waals surface area contributed by atoms with Crippen molar-refractivity contribution in [1.29, 1.82) is 0 Å². The minimum absolute atomic E-state index is 0. The summed E-state index contributed by atoms with van der Waals surface area (Å²) in [5.74, 6) is 2.13. The van der Waals surface area contributed by atoms with Crippen LogP contribution >= 0.6 is 36.5 Å². The van der Waals surface area contributed by atoms with Crippen molar-refractivity contribution in [1.82, 2.24) is 13.7 Å². The summed E-state index contributed by atoms with van der Waals surface area (Å²) in [5, 5.41) is 0. The lowest BCUT2D eigenvalue weighted by molar-refractivity contribution is 0.295. The Hall–Kier alpha value is -1.15. The molecule has 0 aliphatic carbocycles. The van der Waals surface area contributed by atoms with Crippen LogP contribution in [0.15, 0.2) is 24.5 Å². The second-order valence-corrected chi connectivity index (χ2v) is 5.73. The molecule has 128 valence electrons. The number of anilines is 1. The van der Waals surface area contributed by atoms with Crippen molar-refractivity contribution >= 4 is 42.4 Å². The third-order valence-corrected chi connectivity index (χ3v) is 4.32. The summed E-state index contributed by atoms with van der Waals surface area (Å²) in [6, 6.07) is 3.87. The molecule has 6 nitrogen and oxygen atoms in total. The van der Waals surface area contributed by atoms with Crippen molar-refractivity contribution in [3.63, 3.8) is 0 Å². The van der Waals surface area contributed by atoms with E-state index in [1.54, 1.807) is 12.4 Å². The smallest absolute Gasteiger partial charge is 0.271 e. The van der Waals surface area contributed by atoms with Gasteiger partial charge in [0.15, 0.2) is 0 Å². The molecule has 0 saturated carbocycles. The summed E-state index contributed by atoms with van der Waals surface area (Å²) in [4.78, 5) is 6.24. The minimum atomic E-state index is 0. The number of halogens is 2. The number of nitrogens with zero attached hydrogens (tertiary/aromatic N) is 4. The molecule has 1 aliphatic rings. The zero-order valence-electron chi connectivity index (χ0n) is 12.6. The highest BCUT2D eigenvalue weighted by Gasteiger charge is 2.23. The van der Waals surface area contributed by atoms with Crippen LogP contribution in [0.3, 0.4) is 0 Å². The Labute approximate surface area is 152 Å². The Morgan fingerprint density at radius 1 is 1.17 bits per heavy atom. The number of piperidine rings is 1. The monoisotopic (exact) mass is 377 g/mol. The van der Waals surface area contributed by atoms with E-state index < -0.39 is 0 Å². The predicted molar refractivity (Wildman–Crippen MR) is 97.0 cm³/mol. The van der Waals surface area contributed by atoms with Crippen molar-refractivity contribution < 1.29 is 4.74 Å². The van der Waals surface area contributed by atoms with E-state index in [-0.39, 0.29) is 24.8 Å². The Kier molecular flexibility index (Phi) is 8.54. The van der Waals surface area contributed by atoms with Crippen molar-refractivity contribution in [3.05, 3.63) is 30.1 Å². The number of ether oxygens (including phenoxy) is 1. The summed E-state index contributed by atoms with van der Waals surface area (Å²) < 4.78 is 14.5. The number of hydrogen-bond acceptors (Lipinski definition) is 7. The second-order valence-electron chi connectivity index (χ2n) is 5.20. The van der Waals surface area contributed by atoms with Crippen LogP contribution in [0.4, 0.5) is 5.82 Å². The van der Waals surface area contributed by atoms with E-state index in [2.05, 4.69) is 18.6 Å². The van der Waals surface area contributed by atoms with E-state index in [0.717, 1.165) is 43.9 Å². The zero-order chi connectivity index (χ0) is 14.5. The van der Waals surface area contributed by atoms with Gasteiger partial charge in [0.2, 0.25) is 5.82 Å². The third-order valence-electron chi connectivity index (χ3n) is 3.81. The lowest BCUT2D eigenvalue weighted by Crippen LogP contribution is -2.36. The van der Waals surface area contributed by atoms with Gasteiger partial charge in [-0.2, -0.15) is 4.37 Å². The third kappa shape index (κ3) is 5.17. The molecule has 23 heavy (non-hydrogen) atoms. The summed E-state index contributed by atoms with van der Waals surface area (Å²) in [7, 11) is 0. The van der Waals surface area contributed by atoms with Gasteiger partial charge in [0.25, 0.3) is 5.88 Å². The molecule has 1 aliphatic heterocycles. The topological polar surface area (TPSA) is 77.2 Å². The van der Waals surface area contributed by atoms with Gasteiger partial charge >= 0.3 is 0 Å². The van der Waals surface area contributed by atoms with Crippen LogP contribution in [0.5, 0.6) is 5.88 Å². The van der Waals surface area contributed by atoms with Crippen LogP contribution in [0, 0.1) is 5.92 Å². The van der Waals surface area contributed by atoms with Gasteiger partial charge in [0, 0.05) is 25.5 Å². The van der Waals surface area contributed by atoms with E-state index in [1.165, 1.54) is 11.7 Å². The van der Waals surface area contributed by atoms with Crippen LogP contribution < -0.4 is 15.4 Å². The zero-order valence-corrected chi connectivity index (χ0v) is 15.1. The second kappa shape index (κ2) is 9.87. The van der Waals surface area contributed by atoms with Gasteiger partial charge in [-0.3, -0.25) is 4.98 Å². The number of nitrogens with two attached hydrogens (primary N) is 1. The molecule has 1 saturated heterocycles. The van der Waals surface area contributed by atoms with Gasteiger partial charge < -0.3 is 15.4 Å². The van der Waals surface area contributed by atoms with Gasteiger partial charge in [-0.15, -0.1) is 29.2 Å². The lowest BCUT2D eigenvalue weighted by Gasteiger charge is -2.31. The quantitative estimate of drug-likeness (QED) is 0.862. The van der Waals surface area contributed by atoms with Crippen molar-refractivity contribution in [2.45, 2.75) is 19.4 Å². The van der Waals surface area contributed by atoms with Crippen molar-refractivity contribution in [2.75, 3.05) is 24.5 Å². The maximum Gasteiger partial charge on any atom is 0.271 e. The van der Waals surface area contributed by atoms with E-state index in [4.69, 9.17) is 10.5 Å². The molecule has 0 atom stereocenters. The first-order valence-corrected chi connectivity index (χ1v) is 7.89. The average Bonchev–Trinajstić information content (AvgIpc) is 3.02. The summed E-state index contributed by atoms with van der Waals surface area (Å²) in [6.45, 7) is 3.20. The van der Waals surface area contributed by atoms with E-state index in [1.807, 2.05) is 12.1 Å². The highest BCUT2D eigenvalue weighted by atomic mass is 35.5. The van der Waals surface area contributed by atoms with Gasteiger partial charge in [-0.25, -0.2) is 0 Å². The summed E-state index contributed by atoms with van der Waals surface area (Å²) >= 11 is 1.20. The number of rotatable bonds is 5. The van der Waals surface area contributed by atoms with E-state index in [0.29, 0.717) is 18.4 Å². The predicted octanol–water partition coefficient (Wildman–Crippen LogP) is 2.53. The highest BCUT2D eigenvalue weighted by Crippen LogP contribution is 2.29. The SMILES string of the molecule is Cl.Cl.NCC1CCN(c2nsnc2OCc2ccncc2)CC1. The van der Waals surface area contributed by atoms with Gasteiger partial charge in [0.05, 0.1) is 11.7 Å². The maximum absolute atomic E-state index is 5.81. The van der Waals surface area contributed by atoms with E-state index in [9.17, 15) is 0 Å². The molecule has 0 spiro atoms. The Morgan fingerprint density at radius 2 is 1.87 bits per heavy atom. The molecular weight excluding hydrogens is 357 g/mol. The largest absolute Gasteiger partial charge is 0.470 e. The van der Waals surface area contributed by atoms with Crippen LogP contribution in [-0.2, 0) is 6.61 Å². The van der Waals surface area contributed by atoms with Crippen molar-refractivity contribution in [3.8, 4) is 5.88 Å². The number of hydrogen-bond donors (Lipinski definition) is 1. The molecule has 0 bridgehead atoms. The molecule has 0 radical (unpaired) electrons. The minimum Gasteiger partial charge on any atom is -0.470 e. The van der Waals surface area contributed by atoms with Crippen LogP contribution in [-0.4, -0.2) is 33.4 Å². The first kappa shape index (κ1) is 19.9. The number of pyridine rings is 1. The Morgan fingerprint density at radius 3 is 2.52 bits per heavy atom. The van der Waals surface area contributed by atoms with Crippen LogP contribution in [0.25, 0.3) is 0 Å². The first-order chi connectivity index (χ1) is 10.4.